The van der Waals surface area contributed by atoms with E-state index in [1.54, 1.807) is 6.20 Å². The summed E-state index contributed by atoms with van der Waals surface area (Å²) in [4.78, 5) is 22.7. The number of nitrogens with one attached hydrogen (secondary N) is 1. The largest absolute Gasteiger partial charge is 0.480 e. The van der Waals surface area contributed by atoms with Crippen molar-refractivity contribution in [2.75, 3.05) is 31.6 Å². The smallest absolute Gasteiger partial charge is 0.317 e. The van der Waals surface area contributed by atoms with Gasteiger partial charge in [0.2, 0.25) is 0 Å². The highest BCUT2D eigenvalue weighted by Crippen LogP contribution is 2.43. The molecular formula is C22H20F2N4O2. The molecule has 0 amide bonds. The Morgan fingerprint density at radius 1 is 1.27 bits per heavy atom. The molecular weight excluding hydrogens is 390 g/mol. The van der Waals surface area contributed by atoms with Crippen LogP contribution in [0.4, 0.5) is 14.5 Å². The van der Waals surface area contributed by atoms with Crippen molar-refractivity contribution >= 4 is 28.3 Å². The number of nitrogens with zero attached hydrogens (tertiary/aromatic N) is 3. The molecule has 8 heteroatoms. The van der Waals surface area contributed by atoms with Crippen LogP contribution in [0.3, 0.4) is 0 Å². The number of aromatic amines is 1. The molecule has 0 spiro atoms. The Balaban J connectivity index is 1.64. The van der Waals surface area contributed by atoms with Crippen LogP contribution in [-0.4, -0.2) is 52.6 Å². The molecule has 2 aromatic heterocycles. The van der Waals surface area contributed by atoms with Gasteiger partial charge in [-0.15, -0.1) is 0 Å². The van der Waals surface area contributed by atoms with Gasteiger partial charge in [0.25, 0.3) is 0 Å². The van der Waals surface area contributed by atoms with Crippen LogP contribution >= 0.6 is 0 Å². The number of hydrogen-bond acceptors (Lipinski definition) is 4. The van der Waals surface area contributed by atoms with Crippen molar-refractivity contribution in [3.8, 4) is 11.1 Å². The van der Waals surface area contributed by atoms with Gasteiger partial charge >= 0.3 is 5.97 Å². The first-order valence-electron chi connectivity index (χ1n) is 9.76. The Kier molecular flexibility index (Phi) is 4.32. The summed E-state index contributed by atoms with van der Waals surface area (Å²) >= 11 is 0. The van der Waals surface area contributed by atoms with Crippen LogP contribution < -0.4 is 4.90 Å². The van der Waals surface area contributed by atoms with Gasteiger partial charge in [-0.1, -0.05) is 6.08 Å². The second kappa shape index (κ2) is 6.91. The first kappa shape index (κ1) is 18.7. The van der Waals surface area contributed by atoms with Crippen LogP contribution in [0.25, 0.3) is 27.7 Å². The average molecular weight is 410 g/mol. The van der Waals surface area contributed by atoms with Gasteiger partial charge < -0.3 is 15.0 Å². The monoisotopic (exact) mass is 410 g/mol. The zero-order valence-corrected chi connectivity index (χ0v) is 16.4. The molecule has 2 aliphatic rings. The fourth-order valence-corrected chi connectivity index (χ4v) is 4.50. The first-order chi connectivity index (χ1) is 14.4. The van der Waals surface area contributed by atoms with Gasteiger partial charge in [0, 0.05) is 66.8 Å². The molecule has 2 aliphatic heterocycles. The van der Waals surface area contributed by atoms with E-state index in [0.717, 1.165) is 27.8 Å². The van der Waals surface area contributed by atoms with Gasteiger partial charge in [0.05, 0.1) is 6.54 Å². The van der Waals surface area contributed by atoms with E-state index >= 15 is 0 Å². The van der Waals surface area contributed by atoms with Crippen LogP contribution in [0, 0.1) is 11.6 Å². The Hall–Kier alpha value is -3.26. The number of carboxylic acid groups (broad SMARTS) is 1. The fourth-order valence-electron chi connectivity index (χ4n) is 4.50. The van der Waals surface area contributed by atoms with Crippen LogP contribution in [0.1, 0.15) is 17.7 Å². The first-order valence-corrected chi connectivity index (χ1v) is 9.76. The molecule has 0 radical (unpaired) electrons. The third kappa shape index (κ3) is 2.95. The lowest BCUT2D eigenvalue weighted by Gasteiger charge is -2.25. The predicted molar refractivity (Wildman–Crippen MR) is 110 cm³/mol. The third-order valence-corrected chi connectivity index (χ3v) is 5.91. The van der Waals surface area contributed by atoms with E-state index in [9.17, 15) is 13.6 Å². The van der Waals surface area contributed by atoms with Crippen molar-refractivity contribution in [2.45, 2.75) is 13.0 Å². The number of fused-ring (bicyclic) bond motifs is 2. The summed E-state index contributed by atoms with van der Waals surface area (Å²) in [6.07, 6.45) is 4.43. The van der Waals surface area contributed by atoms with Crippen molar-refractivity contribution in [3.63, 3.8) is 0 Å². The molecule has 2 N–H and O–H groups in total. The zero-order chi connectivity index (χ0) is 21.0. The van der Waals surface area contributed by atoms with E-state index in [-0.39, 0.29) is 6.54 Å². The molecule has 6 nitrogen and oxygen atoms in total. The van der Waals surface area contributed by atoms with Gasteiger partial charge in [-0.2, -0.15) is 0 Å². The number of anilines is 1. The number of carbonyl (C=O) groups is 1. The summed E-state index contributed by atoms with van der Waals surface area (Å²) in [5, 5.41) is 9.93. The van der Waals surface area contributed by atoms with E-state index in [1.807, 2.05) is 29.0 Å². The van der Waals surface area contributed by atoms with E-state index < -0.39 is 17.6 Å². The van der Waals surface area contributed by atoms with Crippen LogP contribution in [0.5, 0.6) is 0 Å². The zero-order valence-electron chi connectivity index (χ0n) is 16.4. The molecule has 0 unspecified atom stereocenters. The van der Waals surface area contributed by atoms with Crippen molar-refractivity contribution in [2.24, 2.45) is 0 Å². The number of halogens is 2. The number of benzene rings is 1. The average Bonchev–Trinajstić information content (AvgIpc) is 3.02. The summed E-state index contributed by atoms with van der Waals surface area (Å²) in [5.41, 5.74) is 5.89. The Bertz CT molecular complexity index is 1220. The Morgan fingerprint density at radius 2 is 2.07 bits per heavy atom. The number of pyridine rings is 1. The molecule has 5 rings (SSSR count). The van der Waals surface area contributed by atoms with Crippen LogP contribution in [-0.2, 0) is 11.3 Å². The Labute approximate surface area is 171 Å². The molecule has 0 aliphatic carbocycles. The second-order valence-corrected chi connectivity index (χ2v) is 7.81. The fraction of sp³-hybridized carbons (Fsp3) is 0.273. The quantitative estimate of drug-likeness (QED) is 0.690. The van der Waals surface area contributed by atoms with Crippen molar-refractivity contribution in [1.82, 2.24) is 14.9 Å². The minimum Gasteiger partial charge on any atom is -0.480 e. The maximum Gasteiger partial charge on any atom is 0.317 e. The summed E-state index contributed by atoms with van der Waals surface area (Å²) in [5.74, 6) is -2.58. The van der Waals surface area contributed by atoms with Crippen molar-refractivity contribution in [3.05, 3.63) is 53.4 Å². The second-order valence-electron chi connectivity index (χ2n) is 7.81. The molecule has 3 aromatic rings. The molecule has 4 heterocycles. The highest BCUT2D eigenvalue weighted by Gasteiger charge is 2.27. The lowest BCUT2D eigenvalue weighted by atomic mass is 9.97. The SMILES string of the molecule is CN1Cc2c(C3=CCN(CC(=O)O)CC3)[nH]c3nccc(c23)-c2cc(F)c(F)cc21. The summed E-state index contributed by atoms with van der Waals surface area (Å²) in [6.45, 7) is 1.75. The molecule has 0 saturated heterocycles. The van der Waals surface area contributed by atoms with Gasteiger partial charge in [0.15, 0.2) is 11.6 Å². The summed E-state index contributed by atoms with van der Waals surface area (Å²) in [7, 11) is 1.86. The maximum absolute atomic E-state index is 14.1. The lowest BCUT2D eigenvalue weighted by molar-refractivity contribution is -0.138. The van der Waals surface area contributed by atoms with Crippen molar-refractivity contribution < 1.29 is 18.7 Å². The minimum absolute atomic E-state index is 0.0181. The molecule has 0 saturated carbocycles. The highest BCUT2D eigenvalue weighted by molar-refractivity contribution is 6.02. The van der Waals surface area contributed by atoms with E-state index in [1.165, 1.54) is 12.1 Å². The number of H-pyrrole nitrogens is 1. The maximum atomic E-state index is 14.1. The normalized spacial score (nSPS) is 16.4. The molecule has 154 valence electrons. The molecule has 1 aromatic carbocycles. The summed E-state index contributed by atoms with van der Waals surface area (Å²) < 4.78 is 28.1. The van der Waals surface area contributed by atoms with E-state index in [4.69, 9.17) is 5.11 Å². The van der Waals surface area contributed by atoms with Gasteiger partial charge in [-0.05, 0) is 29.7 Å². The number of rotatable bonds is 3. The third-order valence-electron chi connectivity index (χ3n) is 5.91. The number of aliphatic carboxylic acids is 1. The number of hydrogen-bond donors (Lipinski definition) is 2. The van der Waals surface area contributed by atoms with Crippen LogP contribution in [0.2, 0.25) is 0 Å². The number of aromatic nitrogens is 2. The molecule has 0 atom stereocenters. The van der Waals surface area contributed by atoms with Gasteiger partial charge in [-0.3, -0.25) is 9.69 Å². The highest BCUT2D eigenvalue weighted by atomic mass is 19.2. The van der Waals surface area contributed by atoms with Crippen molar-refractivity contribution in [1.29, 1.82) is 0 Å². The minimum atomic E-state index is -0.875. The number of carboxylic acids is 1. The van der Waals surface area contributed by atoms with Crippen LogP contribution in [0.15, 0.2) is 30.5 Å². The standard InChI is InChI=1S/C22H20F2N4O2/c1-27-10-15-20-13(14-8-16(23)17(24)9-18(14)27)2-5-25-22(20)26-21(15)12-3-6-28(7-4-12)11-19(29)30/h2-3,5,8-9H,4,6-7,10-11H2,1H3,(H,25,26)(H,29,30). The topological polar surface area (TPSA) is 72.5 Å². The van der Waals surface area contributed by atoms with E-state index in [0.29, 0.717) is 43.0 Å². The predicted octanol–water partition coefficient (Wildman–Crippen LogP) is 3.63. The molecule has 30 heavy (non-hydrogen) atoms. The summed E-state index contributed by atoms with van der Waals surface area (Å²) in [6, 6.07) is 4.33. The van der Waals surface area contributed by atoms with Gasteiger partial charge in [0.1, 0.15) is 5.65 Å². The molecule has 0 bridgehead atoms. The molecule has 0 fully saturated rings. The Morgan fingerprint density at radius 3 is 2.80 bits per heavy atom. The van der Waals surface area contributed by atoms with Gasteiger partial charge in [-0.25, -0.2) is 13.8 Å². The lowest BCUT2D eigenvalue weighted by Crippen LogP contribution is -2.33. The van der Waals surface area contributed by atoms with E-state index in [2.05, 4.69) is 9.97 Å².